The van der Waals surface area contributed by atoms with Crippen molar-refractivity contribution >= 4 is 11.6 Å². The van der Waals surface area contributed by atoms with E-state index in [1.54, 1.807) is 49.5 Å². The molecule has 2 aliphatic heterocycles. The molecule has 2 atom stereocenters. The number of piperazine rings is 1. The van der Waals surface area contributed by atoms with Crippen molar-refractivity contribution in [1.29, 1.82) is 0 Å². The molecule has 2 aliphatic rings. The zero-order chi connectivity index (χ0) is 28.3. The Balaban J connectivity index is 1.32. The predicted octanol–water partition coefficient (Wildman–Crippen LogP) is 5.40. The standard InChI is InChI=1S/C31H34F3N3O3/c1-39-27-11-9-22(10-12-27)30(38)37-20-24(29(21-37)23-5-3-6-25(17-23)31(32,33)34)19-35-13-15-36(16-14-35)26-7-4-8-28(18-26)40-2/h3-12,17-18,24,29H,13-16,19-21H2,1-2H3. The Morgan fingerprint density at radius 3 is 2.23 bits per heavy atom. The van der Waals surface area contributed by atoms with Crippen LogP contribution >= 0.6 is 0 Å². The first-order valence-corrected chi connectivity index (χ1v) is 13.5. The van der Waals surface area contributed by atoms with Crippen molar-refractivity contribution in [2.24, 2.45) is 5.92 Å². The van der Waals surface area contributed by atoms with Gasteiger partial charge < -0.3 is 19.3 Å². The molecule has 0 radical (unpaired) electrons. The topological polar surface area (TPSA) is 45.2 Å². The zero-order valence-electron chi connectivity index (χ0n) is 22.7. The highest BCUT2D eigenvalue weighted by atomic mass is 19.4. The van der Waals surface area contributed by atoms with Gasteiger partial charge in [0, 0.05) is 69.0 Å². The first-order chi connectivity index (χ1) is 19.2. The smallest absolute Gasteiger partial charge is 0.416 e. The Morgan fingerprint density at radius 2 is 1.55 bits per heavy atom. The van der Waals surface area contributed by atoms with Gasteiger partial charge in [0.1, 0.15) is 11.5 Å². The number of halogens is 3. The number of benzene rings is 3. The van der Waals surface area contributed by atoms with Gasteiger partial charge in [-0.3, -0.25) is 9.69 Å². The molecule has 2 heterocycles. The van der Waals surface area contributed by atoms with Gasteiger partial charge in [0.25, 0.3) is 5.91 Å². The van der Waals surface area contributed by atoms with Crippen LogP contribution in [-0.4, -0.2) is 75.7 Å². The highest BCUT2D eigenvalue weighted by molar-refractivity contribution is 5.94. The van der Waals surface area contributed by atoms with Gasteiger partial charge >= 0.3 is 6.18 Å². The lowest BCUT2D eigenvalue weighted by atomic mass is 9.87. The molecule has 0 aromatic heterocycles. The SMILES string of the molecule is COc1ccc(C(=O)N2CC(CN3CCN(c4cccc(OC)c4)CC3)C(c3cccc(C(F)(F)F)c3)C2)cc1. The summed E-state index contributed by atoms with van der Waals surface area (Å²) in [6.07, 6.45) is -4.42. The van der Waals surface area contributed by atoms with Crippen LogP contribution < -0.4 is 14.4 Å². The minimum Gasteiger partial charge on any atom is -0.497 e. The number of rotatable bonds is 7. The van der Waals surface area contributed by atoms with Crippen LogP contribution in [0.4, 0.5) is 18.9 Å². The molecule has 2 unspecified atom stereocenters. The van der Waals surface area contributed by atoms with Crippen LogP contribution in [0.5, 0.6) is 11.5 Å². The lowest BCUT2D eigenvalue weighted by Crippen LogP contribution is -2.48. The van der Waals surface area contributed by atoms with Gasteiger partial charge in [0.15, 0.2) is 0 Å². The summed E-state index contributed by atoms with van der Waals surface area (Å²) in [5.74, 6) is 1.17. The largest absolute Gasteiger partial charge is 0.497 e. The van der Waals surface area contributed by atoms with E-state index in [4.69, 9.17) is 9.47 Å². The van der Waals surface area contributed by atoms with Crippen molar-refractivity contribution in [3.8, 4) is 11.5 Å². The zero-order valence-corrected chi connectivity index (χ0v) is 22.7. The van der Waals surface area contributed by atoms with Crippen LogP contribution in [0, 0.1) is 5.92 Å². The van der Waals surface area contributed by atoms with Crippen molar-refractivity contribution in [2.45, 2.75) is 12.1 Å². The third kappa shape index (κ3) is 6.20. The van der Waals surface area contributed by atoms with Gasteiger partial charge in [0.2, 0.25) is 0 Å². The molecule has 0 spiro atoms. The van der Waals surface area contributed by atoms with E-state index in [1.165, 1.54) is 12.1 Å². The summed E-state index contributed by atoms with van der Waals surface area (Å²) in [5.41, 5.74) is 1.62. The van der Waals surface area contributed by atoms with Gasteiger partial charge in [-0.15, -0.1) is 0 Å². The molecule has 2 fully saturated rings. The molecule has 3 aromatic carbocycles. The molecule has 2 saturated heterocycles. The molecule has 1 amide bonds. The lowest BCUT2D eigenvalue weighted by molar-refractivity contribution is -0.137. The molecule has 40 heavy (non-hydrogen) atoms. The van der Waals surface area contributed by atoms with E-state index in [-0.39, 0.29) is 17.7 Å². The van der Waals surface area contributed by atoms with Gasteiger partial charge in [-0.05, 0) is 53.9 Å². The molecule has 212 valence electrons. The van der Waals surface area contributed by atoms with Crippen molar-refractivity contribution < 1.29 is 27.4 Å². The second-order valence-corrected chi connectivity index (χ2v) is 10.4. The molecule has 6 nitrogen and oxygen atoms in total. The van der Waals surface area contributed by atoms with Crippen LogP contribution in [0.3, 0.4) is 0 Å². The van der Waals surface area contributed by atoms with Crippen molar-refractivity contribution in [2.75, 3.05) is 64.9 Å². The number of ether oxygens (including phenoxy) is 2. The Labute approximate surface area is 232 Å². The van der Waals surface area contributed by atoms with Crippen LogP contribution in [0.2, 0.25) is 0 Å². The first kappa shape index (κ1) is 27.8. The number of alkyl halides is 3. The van der Waals surface area contributed by atoms with Gasteiger partial charge in [-0.25, -0.2) is 0 Å². The van der Waals surface area contributed by atoms with E-state index in [9.17, 15) is 18.0 Å². The summed E-state index contributed by atoms with van der Waals surface area (Å²) >= 11 is 0. The number of hydrogen-bond donors (Lipinski definition) is 0. The number of hydrogen-bond acceptors (Lipinski definition) is 5. The van der Waals surface area contributed by atoms with E-state index in [1.807, 2.05) is 18.2 Å². The predicted molar refractivity (Wildman–Crippen MR) is 148 cm³/mol. The highest BCUT2D eigenvalue weighted by Gasteiger charge is 2.39. The first-order valence-electron chi connectivity index (χ1n) is 13.5. The summed E-state index contributed by atoms with van der Waals surface area (Å²) in [7, 11) is 3.22. The second kappa shape index (κ2) is 11.8. The maximum atomic E-state index is 13.5. The molecule has 0 saturated carbocycles. The van der Waals surface area contributed by atoms with Crippen LogP contribution in [0.15, 0.2) is 72.8 Å². The van der Waals surface area contributed by atoms with Gasteiger partial charge in [0.05, 0.1) is 19.8 Å². The number of methoxy groups -OCH3 is 2. The minimum atomic E-state index is -4.42. The Bertz CT molecular complexity index is 1310. The van der Waals surface area contributed by atoms with E-state index in [0.29, 0.717) is 36.5 Å². The maximum Gasteiger partial charge on any atom is 0.416 e. The van der Waals surface area contributed by atoms with Crippen LogP contribution in [0.1, 0.15) is 27.4 Å². The summed E-state index contributed by atoms with van der Waals surface area (Å²) in [6, 6.07) is 20.5. The number of carbonyl (C=O) groups is 1. The molecule has 5 rings (SSSR count). The van der Waals surface area contributed by atoms with Crippen LogP contribution in [-0.2, 0) is 6.18 Å². The molecule has 0 aliphatic carbocycles. The van der Waals surface area contributed by atoms with Crippen LogP contribution in [0.25, 0.3) is 0 Å². The van der Waals surface area contributed by atoms with E-state index < -0.39 is 11.7 Å². The van der Waals surface area contributed by atoms with E-state index >= 15 is 0 Å². The lowest BCUT2D eigenvalue weighted by Gasteiger charge is -2.38. The number of nitrogens with zero attached hydrogens (tertiary/aromatic N) is 3. The monoisotopic (exact) mass is 553 g/mol. The normalized spacial score (nSPS) is 20.0. The third-order valence-corrected chi connectivity index (χ3v) is 7.99. The summed E-state index contributed by atoms with van der Waals surface area (Å²) in [4.78, 5) is 19.9. The van der Waals surface area contributed by atoms with Crippen molar-refractivity contribution in [3.63, 3.8) is 0 Å². The Morgan fingerprint density at radius 1 is 0.850 bits per heavy atom. The maximum absolute atomic E-state index is 13.5. The fourth-order valence-corrected chi connectivity index (χ4v) is 5.79. The summed E-state index contributed by atoms with van der Waals surface area (Å²) in [6.45, 7) is 4.90. The molecular weight excluding hydrogens is 519 g/mol. The second-order valence-electron chi connectivity index (χ2n) is 10.4. The summed E-state index contributed by atoms with van der Waals surface area (Å²) in [5, 5.41) is 0. The molecular formula is C31H34F3N3O3. The third-order valence-electron chi connectivity index (χ3n) is 7.99. The summed E-state index contributed by atoms with van der Waals surface area (Å²) < 4.78 is 51.2. The number of carbonyl (C=O) groups excluding carboxylic acids is 1. The van der Waals surface area contributed by atoms with Crippen molar-refractivity contribution in [3.05, 3.63) is 89.5 Å². The average Bonchev–Trinajstić information content (AvgIpc) is 3.40. The van der Waals surface area contributed by atoms with Gasteiger partial charge in [-0.2, -0.15) is 13.2 Å². The average molecular weight is 554 g/mol. The van der Waals surface area contributed by atoms with E-state index in [2.05, 4.69) is 15.9 Å². The molecule has 0 bridgehead atoms. The Hall–Kier alpha value is -3.72. The van der Waals surface area contributed by atoms with Crippen molar-refractivity contribution in [1.82, 2.24) is 9.80 Å². The number of likely N-dealkylation sites (tertiary alicyclic amines) is 1. The Kier molecular flexibility index (Phi) is 8.21. The fourth-order valence-electron chi connectivity index (χ4n) is 5.79. The minimum absolute atomic E-state index is 0.00838. The fraction of sp³-hybridized carbons (Fsp3) is 0.387. The number of anilines is 1. The molecule has 9 heteroatoms. The van der Waals surface area contributed by atoms with Gasteiger partial charge in [-0.1, -0.05) is 24.3 Å². The highest BCUT2D eigenvalue weighted by Crippen LogP contribution is 2.37. The molecule has 3 aromatic rings. The quantitative estimate of drug-likeness (QED) is 0.392. The molecule has 0 N–H and O–H groups in total. The number of amides is 1. The van der Waals surface area contributed by atoms with E-state index in [0.717, 1.165) is 43.7 Å².